The van der Waals surface area contributed by atoms with Crippen LogP contribution in [-0.4, -0.2) is 142 Å². The molecule has 21 heteroatoms. The molecule has 0 aromatic rings. The molecule has 0 saturated carbocycles. The summed E-state index contributed by atoms with van der Waals surface area (Å²) in [4.78, 5) is 68.3. The number of ether oxygens (including phenoxy) is 5. The second-order valence-corrected chi connectivity index (χ2v) is 11.1. The van der Waals surface area contributed by atoms with Gasteiger partial charge in [0.15, 0.2) is 17.3 Å². The molecule has 0 aromatic heterocycles. The van der Waals surface area contributed by atoms with E-state index in [9.17, 15) is 39.0 Å². The number of aliphatic hydroxyl groups excluding tert-OH is 4. The van der Waals surface area contributed by atoms with Crippen LogP contribution in [0.1, 0.15) is 41.5 Å². The molecular weight excluding hydrogens is 683 g/mol. The number of amides is 2. The number of thiol groups is 1. The van der Waals surface area contributed by atoms with E-state index >= 15 is 0 Å². The summed E-state index contributed by atoms with van der Waals surface area (Å²) in [6.45, 7) is 6.61. The van der Waals surface area contributed by atoms with Crippen LogP contribution < -0.4 is 45.3 Å². The Morgan fingerprint density at radius 3 is 1.64 bits per heavy atom. The molecule has 2 aliphatic rings. The number of carbonyl (C=O) groups excluding carboxylic acids is 6. The van der Waals surface area contributed by atoms with Crippen LogP contribution in [0.3, 0.4) is 0 Å². The molecule has 2 amide bonds. The first-order valence-corrected chi connectivity index (χ1v) is 14.9. The maximum Gasteiger partial charge on any atom is 1.00 e. The van der Waals surface area contributed by atoms with Crippen molar-refractivity contribution in [1.82, 2.24) is 10.6 Å². The Bertz CT molecular complexity index is 997. The Morgan fingerprint density at radius 1 is 0.766 bits per heavy atom. The predicted molar refractivity (Wildman–Crippen MR) is 161 cm³/mol. The molecule has 0 spiro atoms. The van der Waals surface area contributed by atoms with Crippen LogP contribution in [0.4, 0.5) is 0 Å². The summed E-state index contributed by atoms with van der Waals surface area (Å²) in [6.07, 6.45) is -6.65. The van der Waals surface area contributed by atoms with Crippen molar-refractivity contribution in [2.24, 2.45) is 0 Å². The summed E-state index contributed by atoms with van der Waals surface area (Å²) in [6, 6.07) is -1.76. The molecule has 0 aromatic carbocycles. The third-order valence-electron chi connectivity index (χ3n) is 5.62. The van der Waals surface area contributed by atoms with Gasteiger partial charge in [-0.25, -0.2) is 0 Å². The maximum absolute atomic E-state index is 11.6. The number of thioether (sulfide) groups is 1. The molecule has 0 radical (unpaired) electrons. The molecule has 268 valence electrons. The van der Waals surface area contributed by atoms with Crippen LogP contribution in [0.5, 0.6) is 0 Å². The minimum Gasteiger partial charge on any atom is -0.857 e. The van der Waals surface area contributed by atoms with Crippen molar-refractivity contribution < 1.29 is 108 Å². The summed E-state index contributed by atoms with van der Waals surface area (Å²) in [7, 11) is 1.75. The van der Waals surface area contributed by atoms with Gasteiger partial charge in [-0.05, 0) is 0 Å². The zero-order valence-corrected chi connectivity index (χ0v) is 31.4. The molecule has 18 nitrogen and oxygen atoms in total. The summed E-state index contributed by atoms with van der Waals surface area (Å²) in [5, 5.41) is 48.0. The molecule has 0 bridgehead atoms. The van der Waals surface area contributed by atoms with Crippen molar-refractivity contribution in [2.75, 3.05) is 27.4 Å². The first kappa shape index (κ1) is 49.8. The molecule has 47 heavy (non-hydrogen) atoms. The largest absolute Gasteiger partial charge is 1.00 e. The van der Waals surface area contributed by atoms with Crippen LogP contribution in [0, 0.1) is 0 Å². The van der Waals surface area contributed by atoms with Crippen molar-refractivity contribution in [2.45, 2.75) is 101 Å². The van der Waals surface area contributed by atoms with Gasteiger partial charge in [0.1, 0.15) is 47.9 Å². The van der Waals surface area contributed by atoms with Crippen LogP contribution in [0.25, 0.3) is 0 Å². The standard InChI is InChI=1S/C16H23NO9S.C8H15NO5S.CH4O.CH3O.Na/c1-7(18)17-13-15(25-10(4)21)14(24-9(3)20)12(6-23-8(2)19)26-16(13)27-11(5)22;1-3(11)9-5-7(13)6(12)4(2-10)14-8(5)15;2*1-2;/h12-16H,6H2,1-5H3,(H,17,18);4-8,10,12-13,15H,2H2,1H3,(H,9,11);2H,1H3;1H3;/q;;;-1;+1. The minimum atomic E-state index is -1.24. The van der Waals surface area contributed by atoms with E-state index < -0.39 is 90.0 Å². The average molecular weight is 729 g/mol. The van der Waals surface area contributed by atoms with E-state index in [0.29, 0.717) is 0 Å². The van der Waals surface area contributed by atoms with Crippen molar-refractivity contribution >= 4 is 59.2 Å². The fourth-order valence-electron chi connectivity index (χ4n) is 4.04. The van der Waals surface area contributed by atoms with Gasteiger partial charge in [0.05, 0.1) is 12.6 Å². The number of hydrogen-bond acceptors (Lipinski definition) is 18. The van der Waals surface area contributed by atoms with Gasteiger partial charge in [0.25, 0.3) is 0 Å². The minimum absolute atomic E-state index is 0. The molecule has 10 atom stereocenters. The molecule has 2 fully saturated rings. The third kappa shape index (κ3) is 18.7. The Morgan fingerprint density at radius 2 is 1.23 bits per heavy atom. The molecule has 2 heterocycles. The molecule has 0 aliphatic carbocycles. The Hall–Kier alpha value is -1.56. The van der Waals surface area contributed by atoms with Crippen LogP contribution in [0.2, 0.25) is 0 Å². The molecule has 6 N–H and O–H groups in total. The van der Waals surface area contributed by atoms with Gasteiger partial charge in [0.2, 0.25) is 11.8 Å². The van der Waals surface area contributed by atoms with Crippen molar-refractivity contribution in [3.8, 4) is 0 Å². The van der Waals surface area contributed by atoms with Crippen molar-refractivity contribution in [3.05, 3.63) is 0 Å². The van der Waals surface area contributed by atoms with E-state index in [1.54, 1.807) is 0 Å². The van der Waals surface area contributed by atoms with E-state index in [4.69, 9.17) is 39.0 Å². The number of rotatable bonds is 8. The van der Waals surface area contributed by atoms with E-state index in [-0.39, 0.29) is 47.2 Å². The maximum atomic E-state index is 11.6. The van der Waals surface area contributed by atoms with Crippen LogP contribution in [0.15, 0.2) is 0 Å². The molecule has 2 rings (SSSR count). The number of carbonyl (C=O) groups is 6. The van der Waals surface area contributed by atoms with Gasteiger partial charge >= 0.3 is 47.5 Å². The SMILES string of the molecule is CC(=O)NC1C(S)OC(CO)C(O)C1O.CC(=O)NC1C(SC(C)=O)OC(COC(C)=O)C(OC(C)=O)C1OC(C)=O.CO.C[O-].[Na+]. The quantitative estimate of drug-likeness (QED) is 0.0530. The molecule has 10 unspecified atom stereocenters. The van der Waals surface area contributed by atoms with Gasteiger partial charge in [0, 0.05) is 48.7 Å². The molecule has 2 saturated heterocycles. The smallest absolute Gasteiger partial charge is 0.857 e. The topological polar surface area (TPSA) is 277 Å². The van der Waals surface area contributed by atoms with Crippen molar-refractivity contribution in [1.29, 1.82) is 0 Å². The Kier molecular flexibility index (Phi) is 27.9. The van der Waals surface area contributed by atoms with E-state index in [0.717, 1.165) is 39.8 Å². The zero-order chi connectivity index (χ0) is 36.3. The van der Waals surface area contributed by atoms with E-state index in [2.05, 4.69) is 23.3 Å². The fourth-order valence-corrected chi connectivity index (χ4v) is 5.34. The number of aliphatic hydroxyl groups is 4. The summed E-state index contributed by atoms with van der Waals surface area (Å²) in [5.74, 6) is -2.78. The van der Waals surface area contributed by atoms with Crippen LogP contribution in [-0.2, 0) is 52.5 Å². The normalized spacial score (nSPS) is 29.1. The Labute approximate surface area is 304 Å². The second kappa shape index (κ2) is 26.3. The summed E-state index contributed by atoms with van der Waals surface area (Å²) < 4.78 is 26.4. The number of nitrogens with one attached hydrogen (secondary N) is 2. The average Bonchev–Trinajstić information content (AvgIpc) is 2.96. The van der Waals surface area contributed by atoms with Gasteiger partial charge < -0.3 is 59.9 Å². The van der Waals surface area contributed by atoms with Gasteiger partial charge in [-0.3, -0.25) is 28.8 Å². The van der Waals surface area contributed by atoms with E-state index in [1.807, 2.05) is 0 Å². The van der Waals surface area contributed by atoms with E-state index in [1.165, 1.54) is 27.7 Å². The third-order valence-corrected chi connectivity index (χ3v) is 7.03. The summed E-state index contributed by atoms with van der Waals surface area (Å²) in [5.41, 5.74) is -1.72. The van der Waals surface area contributed by atoms with Crippen LogP contribution >= 0.6 is 24.4 Å². The zero-order valence-electron chi connectivity index (χ0n) is 27.7. The molecule has 2 aliphatic heterocycles. The second-order valence-electron chi connectivity index (χ2n) is 9.28. The van der Waals surface area contributed by atoms with Gasteiger partial charge in [-0.15, -0.1) is 12.6 Å². The number of esters is 3. The van der Waals surface area contributed by atoms with Gasteiger partial charge in [-0.1, -0.05) is 11.8 Å². The number of hydrogen-bond donors (Lipinski definition) is 7. The first-order chi connectivity index (χ1) is 21.5. The first-order valence-electron chi connectivity index (χ1n) is 13.5. The van der Waals surface area contributed by atoms with Gasteiger partial charge in [-0.2, -0.15) is 7.11 Å². The fraction of sp³-hybridized carbons (Fsp3) is 0.769. The molecular formula is C26H45N2NaO16S2. The monoisotopic (exact) mass is 728 g/mol. The Balaban J connectivity index is -0.000000820. The van der Waals surface area contributed by atoms with Crippen molar-refractivity contribution in [3.63, 3.8) is 0 Å². The summed E-state index contributed by atoms with van der Waals surface area (Å²) >= 11 is 4.79. The predicted octanol–water partition coefficient (Wildman–Crippen LogP) is -6.63.